The van der Waals surface area contributed by atoms with Crippen LogP contribution < -0.4 is 14.8 Å². The minimum atomic E-state index is 0.189. The number of rotatable bonds is 5. The van der Waals surface area contributed by atoms with Crippen molar-refractivity contribution in [3.8, 4) is 22.8 Å². The standard InChI is InChI=1S/C21H26N2O2/c1-14(2)24-19-8-3-15(4-9-19)16-5-10-21(22-13-16)25-20-11-17-6-7-18(12-20)23-17/h3-5,8-10,13-14,17-18,20,23H,6-7,11-12H2,1-2H3/t17-,18+,20?. The first-order chi connectivity index (χ1) is 12.2. The molecule has 2 saturated heterocycles. The van der Waals surface area contributed by atoms with Gasteiger partial charge in [-0.15, -0.1) is 0 Å². The van der Waals surface area contributed by atoms with Gasteiger partial charge in [-0.25, -0.2) is 4.98 Å². The first-order valence-corrected chi connectivity index (χ1v) is 9.31. The van der Waals surface area contributed by atoms with Crippen molar-refractivity contribution < 1.29 is 9.47 Å². The van der Waals surface area contributed by atoms with Crippen LogP contribution >= 0.6 is 0 Å². The number of ether oxygens (including phenoxy) is 2. The average Bonchev–Trinajstić information content (AvgIpc) is 2.94. The number of aromatic nitrogens is 1. The largest absolute Gasteiger partial charge is 0.491 e. The van der Waals surface area contributed by atoms with E-state index in [1.807, 2.05) is 38.2 Å². The van der Waals surface area contributed by atoms with Crippen molar-refractivity contribution in [1.82, 2.24) is 10.3 Å². The van der Waals surface area contributed by atoms with Crippen LogP contribution in [0.25, 0.3) is 11.1 Å². The lowest BCUT2D eigenvalue weighted by molar-refractivity contribution is 0.132. The predicted octanol–water partition coefficient (Wildman–Crippen LogP) is 4.20. The molecule has 4 heteroatoms. The van der Waals surface area contributed by atoms with Gasteiger partial charge >= 0.3 is 0 Å². The highest BCUT2D eigenvalue weighted by atomic mass is 16.5. The molecular formula is C21H26N2O2. The lowest BCUT2D eigenvalue weighted by atomic mass is 10.0. The van der Waals surface area contributed by atoms with E-state index in [0.29, 0.717) is 18.2 Å². The van der Waals surface area contributed by atoms with Crippen molar-refractivity contribution in [3.05, 3.63) is 42.6 Å². The van der Waals surface area contributed by atoms with Gasteiger partial charge < -0.3 is 14.8 Å². The molecule has 2 aliphatic heterocycles. The van der Waals surface area contributed by atoms with E-state index in [2.05, 4.69) is 28.5 Å². The second kappa shape index (κ2) is 7.04. The van der Waals surface area contributed by atoms with E-state index in [-0.39, 0.29) is 6.10 Å². The summed E-state index contributed by atoms with van der Waals surface area (Å²) in [7, 11) is 0. The molecule has 0 aliphatic carbocycles. The van der Waals surface area contributed by atoms with E-state index in [1.165, 1.54) is 12.8 Å². The summed E-state index contributed by atoms with van der Waals surface area (Å²) in [6, 6.07) is 13.5. The maximum absolute atomic E-state index is 6.12. The number of hydrogen-bond acceptors (Lipinski definition) is 4. The number of fused-ring (bicyclic) bond motifs is 2. The van der Waals surface area contributed by atoms with Crippen LogP contribution in [0, 0.1) is 0 Å². The Morgan fingerprint density at radius 1 is 0.960 bits per heavy atom. The zero-order valence-corrected chi connectivity index (χ0v) is 14.9. The van der Waals surface area contributed by atoms with Crippen LogP contribution in [0.15, 0.2) is 42.6 Å². The van der Waals surface area contributed by atoms with Gasteiger partial charge in [0.1, 0.15) is 11.9 Å². The van der Waals surface area contributed by atoms with Crippen LogP contribution in [0.2, 0.25) is 0 Å². The normalized spacial score (nSPS) is 25.2. The number of piperidine rings is 1. The van der Waals surface area contributed by atoms with Crippen molar-refractivity contribution in [1.29, 1.82) is 0 Å². The Morgan fingerprint density at radius 3 is 2.24 bits per heavy atom. The molecule has 2 bridgehead atoms. The summed E-state index contributed by atoms with van der Waals surface area (Å²) < 4.78 is 11.8. The van der Waals surface area contributed by atoms with Gasteiger partial charge in [0.15, 0.2) is 0 Å². The zero-order valence-electron chi connectivity index (χ0n) is 14.9. The number of hydrogen-bond donors (Lipinski definition) is 1. The average molecular weight is 338 g/mol. The molecule has 3 heterocycles. The quantitative estimate of drug-likeness (QED) is 0.887. The van der Waals surface area contributed by atoms with Crippen LogP contribution in [0.1, 0.15) is 39.5 Å². The monoisotopic (exact) mass is 338 g/mol. The summed E-state index contributed by atoms with van der Waals surface area (Å²) in [5.74, 6) is 1.63. The molecule has 2 aliphatic rings. The molecule has 2 aromatic rings. The SMILES string of the molecule is CC(C)Oc1ccc(-c2ccc(OC3C[C@H]4CC[C@@H](C3)N4)nc2)cc1. The Bertz CT molecular complexity index is 685. The van der Waals surface area contributed by atoms with Crippen LogP contribution in [-0.2, 0) is 0 Å². The Morgan fingerprint density at radius 2 is 1.64 bits per heavy atom. The summed E-state index contributed by atoms with van der Waals surface area (Å²) in [4.78, 5) is 4.52. The fraction of sp³-hybridized carbons (Fsp3) is 0.476. The summed E-state index contributed by atoms with van der Waals surface area (Å²) in [5, 5.41) is 3.64. The van der Waals surface area contributed by atoms with Gasteiger partial charge in [0.05, 0.1) is 6.10 Å². The second-order valence-corrected chi connectivity index (χ2v) is 7.43. The Kier molecular flexibility index (Phi) is 4.62. The van der Waals surface area contributed by atoms with Crippen molar-refractivity contribution in [3.63, 3.8) is 0 Å². The third kappa shape index (κ3) is 3.96. The van der Waals surface area contributed by atoms with E-state index in [9.17, 15) is 0 Å². The fourth-order valence-corrected chi connectivity index (χ4v) is 3.89. The highest BCUT2D eigenvalue weighted by molar-refractivity contribution is 5.63. The maximum Gasteiger partial charge on any atom is 0.213 e. The molecule has 1 N–H and O–H groups in total. The van der Waals surface area contributed by atoms with Crippen LogP contribution in [0.5, 0.6) is 11.6 Å². The van der Waals surface area contributed by atoms with Gasteiger partial charge in [0, 0.05) is 29.9 Å². The zero-order chi connectivity index (χ0) is 17.2. The third-order valence-corrected chi connectivity index (χ3v) is 5.01. The molecule has 1 unspecified atom stereocenters. The lowest BCUT2D eigenvalue weighted by Gasteiger charge is -2.29. The minimum Gasteiger partial charge on any atom is -0.491 e. The number of pyridine rings is 1. The maximum atomic E-state index is 6.12. The van der Waals surface area contributed by atoms with Gasteiger partial charge in [-0.2, -0.15) is 0 Å². The Balaban J connectivity index is 1.39. The molecule has 0 amide bonds. The minimum absolute atomic E-state index is 0.189. The fourth-order valence-electron chi connectivity index (χ4n) is 3.89. The van der Waals surface area contributed by atoms with E-state index < -0.39 is 0 Å². The van der Waals surface area contributed by atoms with E-state index in [1.54, 1.807) is 0 Å². The molecule has 3 atom stereocenters. The lowest BCUT2D eigenvalue weighted by Crippen LogP contribution is -2.42. The van der Waals surface area contributed by atoms with Gasteiger partial charge in [0.2, 0.25) is 5.88 Å². The van der Waals surface area contributed by atoms with Gasteiger partial charge in [-0.05, 0) is 63.3 Å². The Hall–Kier alpha value is -2.07. The van der Waals surface area contributed by atoms with E-state index >= 15 is 0 Å². The van der Waals surface area contributed by atoms with Crippen molar-refractivity contribution in [2.24, 2.45) is 0 Å². The van der Waals surface area contributed by atoms with Crippen molar-refractivity contribution in [2.45, 2.75) is 63.8 Å². The van der Waals surface area contributed by atoms with E-state index in [0.717, 1.165) is 35.6 Å². The van der Waals surface area contributed by atoms with Crippen LogP contribution in [-0.4, -0.2) is 29.3 Å². The molecule has 4 rings (SSSR count). The molecule has 4 nitrogen and oxygen atoms in total. The van der Waals surface area contributed by atoms with Gasteiger partial charge in [0.25, 0.3) is 0 Å². The van der Waals surface area contributed by atoms with Crippen LogP contribution in [0.4, 0.5) is 0 Å². The van der Waals surface area contributed by atoms with Crippen molar-refractivity contribution >= 4 is 0 Å². The molecule has 1 aromatic heterocycles. The molecule has 0 spiro atoms. The molecule has 2 fully saturated rings. The first-order valence-electron chi connectivity index (χ1n) is 9.31. The topological polar surface area (TPSA) is 43.4 Å². The molecule has 1 aromatic carbocycles. The molecule has 0 saturated carbocycles. The first kappa shape index (κ1) is 16.4. The Labute approximate surface area is 149 Å². The molecule has 0 radical (unpaired) electrons. The molecule has 25 heavy (non-hydrogen) atoms. The highest BCUT2D eigenvalue weighted by Gasteiger charge is 2.34. The number of nitrogens with one attached hydrogen (secondary N) is 1. The molecular weight excluding hydrogens is 312 g/mol. The summed E-state index contributed by atoms with van der Waals surface area (Å²) in [5.41, 5.74) is 2.23. The highest BCUT2D eigenvalue weighted by Crippen LogP contribution is 2.30. The van der Waals surface area contributed by atoms with E-state index in [4.69, 9.17) is 9.47 Å². The molecule has 132 valence electrons. The summed E-state index contributed by atoms with van der Waals surface area (Å²) >= 11 is 0. The summed E-state index contributed by atoms with van der Waals surface area (Å²) in [6.07, 6.45) is 7.14. The smallest absolute Gasteiger partial charge is 0.213 e. The number of nitrogens with zero attached hydrogens (tertiary/aromatic N) is 1. The van der Waals surface area contributed by atoms with Gasteiger partial charge in [-0.1, -0.05) is 12.1 Å². The summed E-state index contributed by atoms with van der Waals surface area (Å²) in [6.45, 7) is 4.06. The number of benzene rings is 1. The predicted molar refractivity (Wildman–Crippen MR) is 99.0 cm³/mol. The third-order valence-electron chi connectivity index (χ3n) is 5.01. The van der Waals surface area contributed by atoms with Crippen molar-refractivity contribution in [2.75, 3.05) is 0 Å². The van der Waals surface area contributed by atoms with Crippen LogP contribution in [0.3, 0.4) is 0 Å². The second-order valence-electron chi connectivity index (χ2n) is 7.43. The van der Waals surface area contributed by atoms with Gasteiger partial charge in [-0.3, -0.25) is 0 Å².